The van der Waals surface area contributed by atoms with Crippen molar-refractivity contribution in [2.45, 2.75) is 19.4 Å². The van der Waals surface area contributed by atoms with E-state index in [4.69, 9.17) is 19.9 Å². The molecule has 7 heteroatoms. The molecule has 2 aliphatic rings. The Bertz CT molecular complexity index is 779. The van der Waals surface area contributed by atoms with Crippen LogP contribution in [0.2, 0.25) is 0 Å². The molecular weight excluding hydrogens is 344 g/mol. The molecule has 0 aromatic heterocycles. The monoisotopic (exact) mass is 370 g/mol. The maximum absolute atomic E-state index is 9.83. The number of amidine groups is 2. The summed E-state index contributed by atoms with van der Waals surface area (Å²) in [5, 5.41) is 18.5. The Hall–Kier alpha value is -2.51. The van der Waals surface area contributed by atoms with Gasteiger partial charge in [0.2, 0.25) is 0 Å². The van der Waals surface area contributed by atoms with Crippen molar-refractivity contribution in [2.75, 3.05) is 40.0 Å². The van der Waals surface area contributed by atoms with Gasteiger partial charge in [-0.2, -0.15) is 0 Å². The second-order valence-corrected chi connectivity index (χ2v) is 6.55. The Kier molecular flexibility index (Phi) is 6.36. The SMILES string of the molecule is C/C=C(/COC)CC1N=C(c2cccc(O)c2)N=C(N2CCOCC2)C1=N. The zero-order valence-electron chi connectivity index (χ0n) is 15.8. The first kappa shape index (κ1) is 19.3. The number of hydrogen-bond donors (Lipinski definition) is 2. The number of hydrogen-bond acceptors (Lipinski definition) is 7. The number of benzene rings is 1. The summed E-state index contributed by atoms with van der Waals surface area (Å²) in [5.74, 6) is 1.36. The van der Waals surface area contributed by atoms with Gasteiger partial charge in [0.25, 0.3) is 0 Å². The first-order chi connectivity index (χ1) is 13.1. The van der Waals surface area contributed by atoms with Gasteiger partial charge in [0, 0.05) is 25.8 Å². The highest BCUT2D eigenvalue weighted by Crippen LogP contribution is 2.21. The van der Waals surface area contributed by atoms with Crippen LogP contribution in [0.25, 0.3) is 0 Å². The third-order valence-corrected chi connectivity index (χ3v) is 4.67. The first-order valence-corrected chi connectivity index (χ1v) is 9.12. The largest absolute Gasteiger partial charge is 0.508 e. The van der Waals surface area contributed by atoms with Crippen molar-refractivity contribution in [3.05, 3.63) is 41.5 Å². The summed E-state index contributed by atoms with van der Waals surface area (Å²) in [6, 6.07) is 6.58. The van der Waals surface area contributed by atoms with Crippen LogP contribution in [0.3, 0.4) is 0 Å². The Morgan fingerprint density at radius 1 is 1.41 bits per heavy atom. The number of aliphatic imine (C=N–C) groups is 2. The number of morpholine rings is 1. The minimum atomic E-state index is -0.334. The van der Waals surface area contributed by atoms with E-state index in [-0.39, 0.29) is 11.8 Å². The number of phenolic OH excluding ortho intramolecular Hbond substituents is 1. The molecule has 0 aliphatic carbocycles. The molecular formula is C20H26N4O3. The van der Waals surface area contributed by atoms with E-state index in [1.54, 1.807) is 25.3 Å². The van der Waals surface area contributed by atoms with E-state index in [0.717, 1.165) is 11.1 Å². The average Bonchev–Trinajstić information content (AvgIpc) is 2.69. The number of nitrogens with zero attached hydrogens (tertiary/aromatic N) is 3. The maximum atomic E-state index is 9.83. The van der Waals surface area contributed by atoms with Crippen LogP contribution in [0, 0.1) is 5.41 Å². The lowest BCUT2D eigenvalue weighted by Gasteiger charge is -2.33. The van der Waals surface area contributed by atoms with Crippen LogP contribution in [0.1, 0.15) is 18.9 Å². The standard InChI is InChI=1S/C20H26N4O3/c1-3-14(13-26-2)11-17-18(21)20(24-7-9-27-10-8-24)23-19(22-17)15-5-4-6-16(25)12-15/h3-6,12,17,21,25H,7-11,13H2,1-2H3/b14-3+,21-18?. The third-order valence-electron chi connectivity index (χ3n) is 4.67. The van der Waals surface area contributed by atoms with Gasteiger partial charge in [-0.1, -0.05) is 18.2 Å². The molecule has 7 nitrogen and oxygen atoms in total. The zero-order valence-corrected chi connectivity index (χ0v) is 15.8. The van der Waals surface area contributed by atoms with E-state index < -0.39 is 0 Å². The molecule has 0 saturated carbocycles. The molecule has 0 spiro atoms. The van der Waals surface area contributed by atoms with Crippen molar-refractivity contribution in [1.82, 2.24) is 4.90 Å². The van der Waals surface area contributed by atoms with Crippen LogP contribution in [0.4, 0.5) is 0 Å². The molecule has 1 aromatic carbocycles. The van der Waals surface area contributed by atoms with Gasteiger partial charge in [-0.25, -0.2) is 4.99 Å². The molecule has 1 fully saturated rings. The van der Waals surface area contributed by atoms with Crippen molar-refractivity contribution >= 4 is 17.4 Å². The molecule has 1 saturated heterocycles. The number of nitrogens with one attached hydrogen (secondary N) is 1. The van der Waals surface area contributed by atoms with E-state index in [2.05, 4.69) is 9.89 Å². The second-order valence-electron chi connectivity index (χ2n) is 6.55. The molecule has 3 rings (SSSR count). The highest BCUT2D eigenvalue weighted by Gasteiger charge is 2.30. The predicted octanol–water partition coefficient (Wildman–Crippen LogP) is 2.25. The molecule has 2 N–H and O–H groups in total. The van der Waals surface area contributed by atoms with E-state index in [0.29, 0.717) is 56.7 Å². The normalized spacial score (nSPS) is 21.1. The summed E-state index contributed by atoms with van der Waals surface area (Å²) in [6.07, 6.45) is 2.62. The van der Waals surface area contributed by atoms with Gasteiger partial charge in [-0.05, 0) is 31.1 Å². The van der Waals surface area contributed by atoms with Gasteiger partial charge >= 0.3 is 0 Å². The Morgan fingerprint density at radius 2 is 2.19 bits per heavy atom. The zero-order chi connectivity index (χ0) is 19.2. The number of methoxy groups -OCH3 is 1. The lowest BCUT2D eigenvalue weighted by Crippen LogP contribution is -2.48. The molecule has 0 radical (unpaired) electrons. The highest BCUT2D eigenvalue weighted by atomic mass is 16.5. The Morgan fingerprint density at radius 3 is 2.85 bits per heavy atom. The fourth-order valence-electron chi connectivity index (χ4n) is 3.19. The van der Waals surface area contributed by atoms with Gasteiger partial charge in [0.1, 0.15) is 11.8 Å². The van der Waals surface area contributed by atoms with Gasteiger partial charge in [0.05, 0.1) is 25.5 Å². The van der Waals surface area contributed by atoms with E-state index in [1.807, 2.05) is 19.1 Å². The summed E-state index contributed by atoms with van der Waals surface area (Å²) in [7, 11) is 1.66. The molecule has 1 atom stereocenters. The summed E-state index contributed by atoms with van der Waals surface area (Å²) in [5.41, 5.74) is 2.25. The van der Waals surface area contributed by atoms with Crippen LogP contribution >= 0.6 is 0 Å². The summed E-state index contributed by atoms with van der Waals surface area (Å²) >= 11 is 0. The quantitative estimate of drug-likeness (QED) is 0.778. The fourth-order valence-corrected chi connectivity index (χ4v) is 3.19. The molecule has 1 aromatic rings. The molecule has 0 bridgehead atoms. The van der Waals surface area contributed by atoms with Crippen LogP contribution in [-0.2, 0) is 9.47 Å². The Labute approximate surface area is 159 Å². The second kappa shape index (κ2) is 8.92. The van der Waals surface area contributed by atoms with Crippen molar-refractivity contribution in [3.63, 3.8) is 0 Å². The number of rotatable bonds is 5. The minimum Gasteiger partial charge on any atom is -0.508 e. The molecule has 2 aliphatic heterocycles. The van der Waals surface area contributed by atoms with Crippen LogP contribution in [0.15, 0.2) is 45.9 Å². The highest BCUT2D eigenvalue weighted by molar-refractivity contribution is 6.45. The third kappa shape index (κ3) is 4.61. The average molecular weight is 370 g/mol. The van der Waals surface area contributed by atoms with Gasteiger partial charge in [-0.15, -0.1) is 0 Å². The van der Waals surface area contributed by atoms with Gasteiger partial charge in [-0.3, -0.25) is 10.4 Å². The number of aromatic hydroxyl groups is 1. The summed E-state index contributed by atoms with van der Waals surface area (Å²) in [6.45, 7) is 5.14. The van der Waals surface area contributed by atoms with E-state index in [1.165, 1.54) is 0 Å². The van der Waals surface area contributed by atoms with E-state index >= 15 is 0 Å². The number of phenols is 1. The van der Waals surface area contributed by atoms with E-state index in [9.17, 15) is 5.11 Å². The smallest absolute Gasteiger partial charge is 0.157 e. The molecule has 0 amide bonds. The minimum absolute atomic E-state index is 0.170. The maximum Gasteiger partial charge on any atom is 0.157 e. The first-order valence-electron chi connectivity index (χ1n) is 9.12. The molecule has 27 heavy (non-hydrogen) atoms. The lowest BCUT2D eigenvalue weighted by molar-refractivity contribution is 0.0688. The van der Waals surface area contributed by atoms with Crippen molar-refractivity contribution in [3.8, 4) is 5.75 Å². The van der Waals surface area contributed by atoms with Crippen LogP contribution in [-0.4, -0.2) is 73.5 Å². The van der Waals surface area contributed by atoms with Crippen molar-refractivity contribution < 1.29 is 14.6 Å². The fraction of sp³-hybridized carbons (Fsp3) is 0.450. The lowest BCUT2D eigenvalue weighted by atomic mass is 9.99. The summed E-state index contributed by atoms with van der Waals surface area (Å²) < 4.78 is 10.7. The number of ether oxygens (including phenoxy) is 2. The van der Waals surface area contributed by atoms with Crippen molar-refractivity contribution in [2.24, 2.45) is 9.98 Å². The van der Waals surface area contributed by atoms with Crippen LogP contribution < -0.4 is 0 Å². The van der Waals surface area contributed by atoms with Gasteiger partial charge < -0.3 is 19.5 Å². The molecule has 1 unspecified atom stereocenters. The predicted molar refractivity (Wildman–Crippen MR) is 106 cm³/mol. The molecule has 2 heterocycles. The van der Waals surface area contributed by atoms with Gasteiger partial charge in [0.15, 0.2) is 11.7 Å². The Balaban J connectivity index is 1.95. The number of allylic oxidation sites excluding steroid dienone is 1. The van der Waals surface area contributed by atoms with Crippen LogP contribution in [0.5, 0.6) is 5.75 Å². The summed E-state index contributed by atoms with van der Waals surface area (Å²) in [4.78, 5) is 11.5. The molecule has 144 valence electrons. The van der Waals surface area contributed by atoms with Crippen molar-refractivity contribution in [1.29, 1.82) is 5.41 Å². The topological polar surface area (TPSA) is 90.5 Å².